The lowest BCUT2D eigenvalue weighted by Gasteiger charge is -2.09. The summed E-state index contributed by atoms with van der Waals surface area (Å²) in [6, 6.07) is 15.1. The second kappa shape index (κ2) is 9.23. The number of nitrogens with zero attached hydrogens (tertiary/aromatic N) is 3. The van der Waals surface area contributed by atoms with Crippen LogP contribution in [0.2, 0.25) is 0 Å². The first-order valence-corrected chi connectivity index (χ1v) is 9.81. The average molecular weight is 395 g/mol. The highest BCUT2D eigenvalue weighted by Gasteiger charge is 2.11. The highest BCUT2D eigenvalue weighted by atomic mass is 32.2. The van der Waals surface area contributed by atoms with E-state index in [1.54, 1.807) is 6.08 Å². The van der Waals surface area contributed by atoms with Gasteiger partial charge < -0.3 is 14.6 Å². The van der Waals surface area contributed by atoms with Crippen molar-refractivity contribution in [3.63, 3.8) is 0 Å². The molecule has 0 saturated carbocycles. The minimum absolute atomic E-state index is 0.108. The van der Waals surface area contributed by atoms with Crippen LogP contribution in [0.4, 0.5) is 5.69 Å². The Morgan fingerprint density at radius 3 is 2.39 bits per heavy atom. The number of nitrogens with one attached hydrogen (secondary N) is 1. The van der Waals surface area contributed by atoms with E-state index in [2.05, 4.69) is 22.1 Å². The quantitative estimate of drug-likeness (QED) is 0.446. The Morgan fingerprint density at radius 2 is 1.75 bits per heavy atom. The first kappa shape index (κ1) is 19.7. The molecule has 0 aliphatic carbocycles. The maximum Gasteiger partial charge on any atom is 0.234 e. The smallest absolute Gasteiger partial charge is 0.234 e. The maximum atomic E-state index is 12.2. The van der Waals surface area contributed by atoms with Crippen molar-refractivity contribution < 1.29 is 9.53 Å². The predicted molar refractivity (Wildman–Crippen MR) is 112 cm³/mol. The standard InChI is InChI=1S/C21H22N4O2S/c1-4-13-25-16(3)23-24-21(25)28-14-20(26)22-17-7-11-19(12-8-17)27-18-9-5-15(2)6-10-18/h4-12H,1,13-14H2,2-3H3,(H,22,26). The maximum absolute atomic E-state index is 12.2. The Kier molecular flexibility index (Phi) is 6.49. The molecule has 0 atom stereocenters. The topological polar surface area (TPSA) is 69.0 Å². The van der Waals surface area contributed by atoms with E-state index < -0.39 is 0 Å². The van der Waals surface area contributed by atoms with Crippen molar-refractivity contribution in [2.75, 3.05) is 11.1 Å². The van der Waals surface area contributed by atoms with Crippen molar-refractivity contribution in [2.24, 2.45) is 0 Å². The molecule has 1 N–H and O–H groups in total. The molecule has 1 heterocycles. The summed E-state index contributed by atoms with van der Waals surface area (Å²) >= 11 is 1.35. The summed E-state index contributed by atoms with van der Waals surface area (Å²) in [5.74, 6) is 2.42. The Morgan fingerprint density at radius 1 is 1.11 bits per heavy atom. The lowest BCUT2D eigenvalue weighted by atomic mass is 10.2. The zero-order valence-corrected chi connectivity index (χ0v) is 16.7. The molecule has 3 aromatic rings. The van der Waals surface area contributed by atoms with Crippen LogP contribution >= 0.6 is 11.8 Å². The minimum atomic E-state index is -0.108. The summed E-state index contributed by atoms with van der Waals surface area (Å²) in [6.07, 6.45) is 1.78. The van der Waals surface area contributed by atoms with Gasteiger partial charge >= 0.3 is 0 Å². The van der Waals surface area contributed by atoms with Crippen LogP contribution in [-0.2, 0) is 11.3 Å². The summed E-state index contributed by atoms with van der Waals surface area (Å²) in [5, 5.41) is 11.7. The number of aromatic nitrogens is 3. The van der Waals surface area contributed by atoms with Crippen molar-refractivity contribution in [3.8, 4) is 11.5 Å². The molecule has 28 heavy (non-hydrogen) atoms. The van der Waals surface area contributed by atoms with E-state index in [1.165, 1.54) is 17.3 Å². The second-order valence-corrected chi connectivity index (χ2v) is 7.15. The molecule has 0 spiro atoms. The largest absolute Gasteiger partial charge is 0.457 e. The molecule has 0 saturated heterocycles. The number of allylic oxidation sites excluding steroid dienone is 1. The first-order chi connectivity index (χ1) is 13.5. The van der Waals surface area contributed by atoms with Gasteiger partial charge in [0.05, 0.1) is 5.75 Å². The number of amides is 1. The summed E-state index contributed by atoms with van der Waals surface area (Å²) < 4.78 is 7.71. The van der Waals surface area contributed by atoms with Gasteiger partial charge in [0.1, 0.15) is 17.3 Å². The van der Waals surface area contributed by atoms with E-state index in [0.29, 0.717) is 23.1 Å². The lowest BCUT2D eigenvalue weighted by Crippen LogP contribution is -2.14. The normalized spacial score (nSPS) is 10.5. The van der Waals surface area contributed by atoms with Crippen LogP contribution in [-0.4, -0.2) is 26.4 Å². The van der Waals surface area contributed by atoms with E-state index in [-0.39, 0.29) is 11.7 Å². The zero-order chi connectivity index (χ0) is 19.9. The Bertz CT molecular complexity index is 950. The van der Waals surface area contributed by atoms with Gasteiger partial charge in [-0.05, 0) is 50.2 Å². The summed E-state index contributed by atoms with van der Waals surface area (Å²) in [5.41, 5.74) is 1.90. The fourth-order valence-corrected chi connectivity index (χ4v) is 3.28. The highest BCUT2D eigenvalue weighted by Crippen LogP contribution is 2.23. The van der Waals surface area contributed by atoms with Gasteiger partial charge in [-0.2, -0.15) is 0 Å². The molecular formula is C21H22N4O2S. The van der Waals surface area contributed by atoms with E-state index in [9.17, 15) is 4.79 Å². The third-order valence-electron chi connectivity index (χ3n) is 3.94. The number of hydrogen-bond acceptors (Lipinski definition) is 5. The Balaban J connectivity index is 1.53. The van der Waals surface area contributed by atoms with Crippen LogP contribution in [0, 0.1) is 13.8 Å². The molecule has 1 amide bonds. The van der Waals surface area contributed by atoms with E-state index in [4.69, 9.17) is 4.74 Å². The summed E-state index contributed by atoms with van der Waals surface area (Å²) in [7, 11) is 0. The number of carbonyl (C=O) groups excluding carboxylic acids is 1. The highest BCUT2D eigenvalue weighted by molar-refractivity contribution is 7.99. The van der Waals surface area contributed by atoms with Crippen molar-refractivity contribution in [1.29, 1.82) is 0 Å². The number of carbonyl (C=O) groups is 1. The molecule has 6 nitrogen and oxygen atoms in total. The van der Waals surface area contributed by atoms with Gasteiger partial charge in [-0.15, -0.1) is 16.8 Å². The van der Waals surface area contributed by atoms with Crippen LogP contribution in [0.15, 0.2) is 66.3 Å². The van der Waals surface area contributed by atoms with Crippen molar-refractivity contribution in [3.05, 3.63) is 72.6 Å². The van der Waals surface area contributed by atoms with Gasteiger partial charge in [0.15, 0.2) is 5.16 Å². The fraction of sp³-hybridized carbons (Fsp3) is 0.190. The Labute approximate surface area is 168 Å². The second-order valence-electron chi connectivity index (χ2n) is 6.21. The van der Waals surface area contributed by atoms with Gasteiger partial charge in [-0.25, -0.2) is 0 Å². The van der Waals surface area contributed by atoms with Gasteiger partial charge in [-0.1, -0.05) is 35.5 Å². The average Bonchev–Trinajstić information content (AvgIpc) is 3.04. The molecule has 0 bridgehead atoms. The molecule has 144 valence electrons. The molecule has 0 aliphatic heterocycles. The molecule has 0 fully saturated rings. The van der Waals surface area contributed by atoms with E-state index in [0.717, 1.165) is 11.6 Å². The lowest BCUT2D eigenvalue weighted by molar-refractivity contribution is -0.113. The van der Waals surface area contributed by atoms with Gasteiger partial charge in [0, 0.05) is 12.2 Å². The number of anilines is 1. The van der Waals surface area contributed by atoms with Crippen molar-refractivity contribution in [2.45, 2.75) is 25.5 Å². The van der Waals surface area contributed by atoms with Crippen LogP contribution in [0.25, 0.3) is 0 Å². The minimum Gasteiger partial charge on any atom is -0.457 e. The van der Waals surface area contributed by atoms with E-state index in [1.807, 2.05) is 66.9 Å². The molecule has 0 unspecified atom stereocenters. The number of thioether (sulfide) groups is 1. The van der Waals surface area contributed by atoms with Crippen LogP contribution in [0.3, 0.4) is 0 Å². The van der Waals surface area contributed by atoms with Crippen LogP contribution in [0.1, 0.15) is 11.4 Å². The SMILES string of the molecule is C=CCn1c(C)nnc1SCC(=O)Nc1ccc(Oc2ccc(C)cc2)cc1. The third-order valence-corrected chi connectivity index (χ3v) is 4.91. The molecular weight excluding hydrogens is 372 g/mol. The molecule has 0 radical (unpaired) electrons. The molecule has 7 heteroatoms. The van der Waals surface area contributed by atoms with E-state index >= 15 is 0 Å². The first-order valence-electron chi connectivity index (χ1n) is 8.83. The van der Waals surface area contributed by atoms with Crippen LogP contribution in [0.5, 0.6) is 11.5 Å². The predicted octanol–water partition coefficient (Wildman–Crippen LogP) is 4.60. The van der Waals surface area contributed by atoms with Gasteiger partial charge in [-0.3, -0.25) is 4.79 Å². The van der Waals surface area contributed by atoms with Crippen molar-refractivity contribution in [1.82, 2.24) is 14.8 Å². The zero-order valence-electron chi connectivity index (χ0n) is 15.9. The van der Waals surface area contributed by atoms with Gasteiger partial charge in [0.25, 0.3) is 0 Å². The van der Waals surface area contributed by atoms with Crippen LogP contribution < -0.4 is 10.1 Å². The number of benzene rings is 2. The summed E-state index contributed by atoms with van der Waals surface area (Å²) in [6.45, 7) is 8.25. The third kappa shape index (κ3) is 5.23. The monoisotopic (exact) mass is 394 g/mol. The van der Waals surface area contributed by atoms with Gasteiger partial charge in [0.2, 0.25) is 5.91 Å². The molecule has 1 aromatic heterocycles. The Hall–Kier alpha value is -3.06. The number of hydrogen-bond donors (Lipinski definition) is 1. The molecule has 0 aliphatic rings. The molecule has 3 rings (SSSR count). The number of rotatable bonds is 8. The fourth-order valence-electron chi connectivity index (χ4n) is 2.48. The number of ether oxygens (including phenoxy) is 1. The molecule has 2 aromatic carbocycles. The number of aryl methyl sites for hydroxylation is 2. The van der Waals surface area contributed by atoms with Crippen molar-refractivity contribution >= 4 is 23.4 Å². The summed E-state index contributed by atoms with van der Waals surface area (Å²) in [4.78, 5) is 12.2.